The monoisotopic (exact) mass is 291 g/mol. The zero-order chi connectivity index (χ0) is 15.2. The molecule has 1 aromatic rings. The van der Waals surface area contributed by atoms with Crippen molar-refractivity contribution in [2.45, 2.75) is 45.4 Å². The smallest absolute Gasteiger partial charge is 0.259 e. The highest BCUT2D eigenvalue weighted by Gasteiger charge is 2.19. The van der Waals surface area contributed by atoms with E-state index in [1.165, 1.54) is 6.42 Å². The van der Waals surface area contributed by atoms with Gasteiger partial charge in [-0.05, 0) is 32.1 Å². The summed E-state index contributed by atoms with van der Waals surface area (Å²) < 4.78 is 0.663. The maximum absolute atomic E-state index is 9.81. The average molecular weight is 291 g/mol. The molecule has 0 unspecified atom stereocenters. The SMILES string of the molecule is CCCC=CCc1c(N2CCCCC2)nc(=N)n(O)c1N. The van der Waals surface area contributed by atoms with Gasteiger partial charge in [-0.15, -0.1) is 4.73 Å². The van der Waals surface area contributed by atoms with E-state index in [1.807, 2.05) is 0 Å². The van der Waals surface area contributed by atoms with Gasteiger partial charge in [-0.1, -0.05) is 25.5 Å². The fourth-order valence-corrected chi connectivity index (χ4v) is 2.62. The zero-order valence-corrected chi connectivity index (χ0v) is 12.7. The van der Waals surface area contributed by atoms with E-state index >= 15 is 0 Å². The topological polar surface area (TPSA) is 91.2 Å². The first-order valence-electron chi connectivity index (χ1n) is 7.70. The summed E-state index contributed by atoms with van der Waals surface area (Å²) in [4.78, 5) is 6.43. The molecule has 1 fully saturated rings. The van der Waals surface area contributed by atoms with Gasteiger partial charge in [-0.25, -0.2) is 0 Å². The number of nitrogen functional groups attached to an aromatic ring is 1. The van der Waals surface area contributed by atoms with Gasteiger partial charge in [0, 0.05) is 18.7 Å². The van der Waals surface area contributed by atoms with Gasteiger partial charge in [0.05, 0.1) is 0 Å². The summed E-state index contributed by atoms with van der Waals surface area (Å²) in [5, 5.41) is 17.5. The summed E-state index contributed by atoms with van der Waals surface area (Å²) in [6, 6.07) is 0. The molecule has 0 atom stereocenters. The van der Waals surface area contributed by atoms with Crippen LogP contribution in [0.25, 0.3) is 0 Å². The van der Waals surface area contributed by atoms with Gasteiger partial charge in [0.1, 0.15) is 5.82 Å². The Morgan fingerprint density at radius 3 is 2.67 bits per heavy atom. The fraction of sp³-hybridized carbons (Fsp3) is 0.600. The molecule has 1 aliphatic heterocycles. The number of nitrogens with two attached hydrogens (primary N) is 1. The van der Waals surface area contributed by atoms with Gasteiger partial charge in [0.2, 0.25) is 0 Å². The molecule has 4 N–H and O–H groups in total. The lowest BCUT2D eigenvalue weighted by atomic mass is 10.1. The van der Waals surface area contributed by atoms with Crippen LogP contribution in [0, 0.1) is 5.41 Å². The maximum atomic E-state index is 9.81. The molecule has 2 rings (SSSR count). The van der Waals surface area contributed by atoms with E-state index in [-0.39, 0.29) is 11.4 Å². The van der Waals surface area contributed by atoms with E-state index in [4.69, 9.17) is 11.1 Å². The lowest BCUT2D eigenvalue weighted by Gasteiger charge is -2.29. The Morgan fingerprint density at radius 1 is 1.29 bits per heavy atom. The number of nitrogens with one attached hydrogen (secondary N) is 1. The number of allylic oxidation sites excluding steroid dienone is 2. The number of hydrogen-bond donors (Lipinski definition) is 3. The Morgan fingerprint density at radius 2 is 2.00 bits per heavy atom. The molecule has 1 saturated heterocycles. The van der Waals surface area contributed by atoms with Crippen LogP contribution in [-0.4, -0.2) is 28.0 Å². The minimum absolute atomic E-state index is 0.214. The summed E-state index contributed by atoms with van der Waals surface area (Å²) in [6.45, 7) is 4.01. The molecule has 0 spiro atoms. The highest BCUT2D eigenvalue weighted by atomic mass is 16.5. The number of rotatable bonds is 5. The number of unbranched alkanes of at least 4 members (excludes halogenated alkanes) is 1. The van der Waals surface area contributed by atoms with Gasteiger partial charge in [-0.3, -0.25) is 5.41 Å². The molecular formula is C15H25N5O. The first kappa shape index (κ1) is 15.4. The molecule has 0 saturated carbocycles. The van der Waals surface area contributed by atoms with Crippen LogP contribution >= 0.6 is 0 Å². The number of piperidine rings is 1. The molecule has 116 valence electrons. The van der Waals surface area contributed by atoms with Crippen LogP contribution in [0.5, 0.6) is 0 Å². The van der Waals surface area contributed by atoms with Gasteiger partial charge < -0.3 is 15.8 Å². The third-order valence-electron chi connectivity index (χ3n) is 3.82. The molecule has 0 amide bonds. The fourth-order valence-electron chi connectivity index (χ4n) is 2.62. The van der Waals surface area contributed by atoms with Crippen LogP contribution in [0.15, 0.2) is 12.2 Å². The molecule has 1 aromatic heterocycles. The zero-order valence-electron chi connectivity index (χ0n) is 12.7. The van der Waals surface area contributed by atoms with Crippen molar-refractivity contribution in [2.24, 2.45) is 0 Å². The Hall–Kier alpha value is -1.98. The Balaban J connectivity index is 2.34. The quantitative estimate of drug-likeness (QED) is 0.572. The van der Waals surface area contributed by atoms with Crippen LogP contribution in [0.4, 0.5) is 11.6 Å². The van der Waals surface area contributed by atoms with Crippen LogP contribution in [0.2, 0.25) is 0 Å². The summed E-state index contributed by atoms with van der Waals surface area (Å²) in [5.74, 6) is 0.973. The van der Waals surface area contributed by atoms with Crippen LogP contribution in [0.1, 0.15) is 44.6 Å². The Kier molecular flexibility index (Phi) is 5.25. The molecule has 1 aliphatic rings. The Bertz CT molecular complexity index is 558. The van der Waals surface area contributed by atoms with Crippen molar-refractivity contribution in [3.8, 4) is 0 Å². The second-order valence-electron chi connectivity index (χ2n) is 5.45. The summed E-state index contributed by atoms with van der Waals surface area (Å²) in [6.07, 6.45) is 10.5. The number of hydrogen-bond acceptors (Lipinski definition) is 5. The minimum Gasteiger partial charge on any atom is -0.423 e. The molecule has 6 heteroatoms. The van der Waals surface area contributed by atoms with Crippen molar-refractivity contribution in [3.63, 3.8) is 0 Å². The van der Waals surface area contributed by atoms with Gasteiger partial charge in [-0.2, -0.15) is 4.98 Å². The largest absolute Gasteiger partial charge is 0.423 e. The van der Waals surface area contributed by atoms with E-state index in [2.05, 4.69) is 29.0 Å². The molecule has 21 heavy (non-hydrogen) atoms. The van der Waals surface area contributed by atoms with Crippen molar-refractivity contribution in [1.82, 2.24) is 9.71 Å². The van der Waals surface area contributed by atoms with Crippen molar-refractivity contribution in [2.75, 3.05) is 23.7 Å². The highest BCUT2D eigenvalue weighted by molar-refractivity contribution is 5.57. The second-order valence-corrected chi connectivity index (χ2v) is 5.45. The van der Waals surface area contributed by atoms with E-state index in [9.17, 15) is 5.21 Å². The molecule has 6 nitrogen and oxygen atoms in total. The molecule has 0 aliphatic carbocycles. The van der Waals surface area contributed by atoms with Crippen molar-refractivity contribution in [3.05, 3.63) is 23.3 Å². The first-order valence-corrected chi connectivity index (χ1v) is 7.70. The van der Waals surface area contributed by atoms with Gasteiger partial charge in [0.15, 0.2) is 5.82 Å². The van der Waals surface area contributed by atoms with Crippen LogP contribution in [0.3, 0.4) is 0 Å². The maximum Gasteiger partial charge on any atom is 0.259 e. The molecule has 0 bridgehead atoms. The minimum atomic E-state index is -0.214. The van der Waals surface area contributed by atoms with Crippen LogP contribution in [-0.2, 0) is 6.42 Å². The number of anilines is 2. The average Bonchev–Trinajstić information content (AvgIpc) is 2.51. The second kappa shape index (κ2) is 7.15. The van der Waals surface area contributed by atoms with Crippen LogP contribution < -0.4 is 16.3 Å². The van der Waals surface area contributed by atoms with Crippen molar-refractivity contribution in [1.29, 1.82) is 5.41 Å². The molecule has 2 heterocycles. The normalized spacial score (nSPS) is 15.8. The standard InChI is InChI=1S/C15H25N5O/c1-2-3-4-6-9-12-13(16)20(21)15(17)18-14(12)19-10-7-5-8-11-19/h4,6,17,21H,2-3,5,7-11,16H2,1H3. The van der Waals surface area contributed by atoms with E-state index < -0.39 is 0 Å². The number of nitrogens with zero attached hydrogens (tertiary/aromatic N) is 3. The van der Waals surface area contributed by atoms with E-state index in [1.54, 1.807) is 0 Å². The van der Waals surface area contributed by atoms with Crippen molar-refractivity contribution < 1.29 is 5.21 Å². The van der Waals surface area contributed by atoms with Gasteiger partial charge in [0.25, 0.3) is 5.62 Å². The summed E-state index contributed by atoms with van der Waals surface area (Å²) >= 11 is 0. The highest BCUT2D eigenvalue weighted by Crippen LogP contribution is 2.25. The van der Waals surface area contributed by atoms with E-state index in [0.717, 1.165) is 50.2 Å². The third kappa shape index (κ3) is 3.56. The lowest BCUT2D eigenvalue weighted by Crippen LogP contribution is -2.35. The van der Waals surface area contributed by atoms with Gasteiger partial charge >= 0.3 is 0 Å². The predicted molar refractivity (Wildman–Crippen MR) is 83.5 cm³/mol. The molecule has 0 radical (unpaired) electrons. The summed E-state index contributed by atoms with van der Waals surface area (Å²) in [7, 11) is 0. The number of aromatic nitrogens is 2. The van der Waals surface area contributed by atoms with Crippen molar-refractivity contribution >= 4 is 11.6 Å². The molecular weight excluding hydrogens is 266 g/mol. The molecule has 0 aromatic carbocycles. The first-order chi connectivity index (χ1) is 10.1. The summed E-state index contributed by atoms with van der Waals surface area (Å²) in [5.41, 5.74) is 6.59. The third-order valence-corrected chi connectivity index (χ3v) is 3.82. The van der Waals surface area contributed by atoms with E-state index in [0.29, 0.717) is 11.2 Å². The predicted octanol–water partition coefficient (Wildman–Crippen LogP) is 2.07. The lowest BCUT2D eigenvalue weighted by molar-refractivity contribution is 0.171. The Labute approximate surface area is 125 Å².